The predicted octanol–water partition coefficient (Wildman–Crippen LogP) is 5.34. The van der Waals surface area contributed by atoms with Crippen molar-refractivity contribution in [3.63, 3.8) is 0 Å². The van der Waals surface area contributed by atoms with Crippen molar-refractivity contribution in [1.82, 2.24) is 10.2 Å². The first-order valence-corrected chi connectivity index (χ1v) is 13.0. The minimum absolute atomic E-state index is 0.184. The van der Waals surface area contributed by atoms with E-state index in [1.165, 1.54) is 0 Å². The number of nitrogens with zero attached hydrogens (tertiary/aromatic N) is 1. The fourth-order valence-corrected chi connectivity index (χ4v) is 4.24. The number of hydrogen-bond acceptors (Lipinski definition) is 4. The van der Waals surface area contributed by atoms with Gasteiger partial charge in [-0.3, -0.25) is 9.59 Å². The molecule has 0 unspecified atom stereocenters. The fourth-order valence-electron chi connectivity index (χ4n) is 4.24. The van der Waals surface area contributed by atoms with E-state index in [1.807, 2.05) is 104 Å². The van der Waals surface area contributed by atoms with Crippen LogP contribution < -0.4 is 14.8 Å². The molecule has 6 nitrogen and oxygen atoms in total. The maximum Gasteiger partial charge on any atom is 0.261 e. The molecule has 1 N–H and O–H groups in total. The van der Waals surface area contributed by atoms with E-state index in [9.17, 15) is 9.59 Å². The van der Waals surface area contributed by atoms with Crippen molar-refractivity contribution in [2.75, 3.05) is 13.7 Å². The minimum atomic E-state index is -0.744. The van der Waals surface area contributed by atoms with Crippen LogP contribution in [0.25, 0.3) is 0 Å². The fraction of sp³-hybridized carbons (Fsp3) is 0.212. The number of aryl methyl sites for hydroxylation is 1. The van der Waals surface area contributed by atoms with Gasteiger partial charge in [-0.15, -0.1) is 0 Å². The van der Waals surface area contributed by atoms with Crippen LogP contribution in [0.2, 0.25) is 0 Å². The van der Waals surface area contributed by atoms with Gasteiger partial charge in [-0.05, 0) is 47.9 Å². The third kappa shape index (κ3) is 8.20. The van der Waals surface area contributed by atoms with E-state index in [1.54, 1.807) is 24.1 Å². The quantitative estimate of drug-likeness (QED) is 0.273. The van der Waals surface area contributed by atoms with Crippen molar-refractivity contribution in [2.45, 2.75) is 32.5 Å². The van der Waals surface area contributed by atoms with Crippen molar-refractivity contribution in [1.29, 1.82) is 0 Å². The van der Waals surface area contributed by atoms with Crippen LogP contribution in [0.3, 0.4) is 0 Å². The summed E-state index contributed by atoms with van der Waals surface area (Å²) in [5, 5.41) is 3.06. The maximum absolute atomic E-state index is 13.7. The van der Waals surface area contributed by atoms with E-state index in [0.29, 0.717) is 18.7 Å². The summed E-state index contributed by atoms with van der Waals surface area (Å²) in [7, 11) is 1.61. The maximum atomic E-state index is 13.7. The third-order valence-electron chi connectivity index (χ3n) is 6.48. The van der Waals surface area contributed by atoms with E-state index in [4.69, 9.17) is 9.47 Å². The lowest BCUT2D eigenvalue weighted by molar-refractivity contribution is -0.142. The average molecular weight is 523 g/mol. The number of hydrogen-bond donors (Lipinski definition) is 1. The predicted molar refractivity (Wildman–Crippen MR) is 152 cm³/mol. The Kier molecular flexibility index (Phi) is 9.73. The van der Waals surface area contributed by atoms with Crippen LogP contribution in [0, 0.1) is 6.92 Å². The Morgan fingerprint density at radius 1 is 0.744 bits per heavy atom. The molecular weight excluding hydrogens is 488 g/mol. The zero-order valence-electron chi connectivity index (χ0n) is 22.4. The van der Waals surface area contributed by atoms with E-state index in [0.717, 1.165) is 28.0 Å². The zero-order chi connectivity index (χ0) is 27.5. The monoisotopic (exact) mass is 522 g/mol. The van der Waals surface area contributed by atoms with Crippen LogP contribution >= 0.6 is 0 Å². The summed E-state index contributed by atoms with van der Waals surface area (Å²) in [6.45, 7) is 2.46. The number of carbonyl (C=O) groups excluding carboxylic acids is 2. The SMILES string of the molecule is COc1ccc(CN(C(=O)COc2ccccc2)[C@@H](Cc2ccccc2)C(=O)NCc2ccc(C)cc2)cc1. The molecule has 6 heteroatoms. The molecule has 1 atom stereocenters. The molecular formula is C33H34N2O4. The number of para-hydroxylation sites is 1. The first-order valence-electron chi connectivity index (χ1n) is 13.0. The number of benzene rings is 4. The van der Waals surface area contributed by atoms with Crippen LogP contribution in [-0.4, -0.2) is 36.5 Å². The molecule has 0 fully saturated rings. The van der Waals surface area contributed by atoms with Crippen LogP contribution in [0.1, 0.15) is 22.3 Å². The highest BCUT2D eigenvalue weighted by molar-refractivity contribution is 5.88. The number of carbonyl (C=O) groups is 2. The topological polar surface area (TPSA) is 67.9 Å². The van der Waals surface area contributed by atoms with E-state index < -0.39 is 6.04 Å². The molecule has 0 aromatic heterocycles. The van der Waals surface area contributed by atoms with Gasteiger partial charge >= 0.3 is 0 Å². The molecule has 0 saturated heterocycles. The van der Waals surface area contributed by atoms with Crippen molar-refractivity contribution < 1.29 is 19.1 Å². The Bertz CT molecular complexity index is 1320. The van der Waals surface area contributed by atoms with Gasteiger partial charge in [-0.2, -0.15) is 0 Å². The van der Waals surface area contributed by atoms with Gasteiger partial charge in [-0.1, -0.05) is 90.5 Å². The molecule has 4 rings (SSSR count). The third-order valence-corrected chi connectivity index (χ3v) is 6.48. The van der Waals surface area contributed by atoms with Crippen LogP contribution in [-0.2, 0) is 29.1 Å². The molecule has 0 saturated carbocycles. The molecule has 0 aliphatic rings. The summed E-state index contributed by atoms with van der Waals surface area (Å²) in [5.74, 6) is 0.821. The molecule has 0 spiro atoms. The average Bonchev–Trinajstić information content (AvgIpc) is 2.98. The van der Waals surface area contributed by atoms with Gasteiger partial charge in [-0.25, -0.2) is 0 Å². The normalized spacial score (nSPS) is 11.3. The second-order valence-electron chi connectivity index (χ2n) is 9.38. The number of amides is 2. The number of nitrogens with one attached hydrogen (secondary N) is 1. The largest absolute Gasteiger partial charge is 0.497 e. The summed E-state index contributed by atoms with van der Waals surface area (Å²) < 4.78 is 11.1. The summed E-state index contributed by atoms with van der Waals surface area (Å²) in [6, 6.07) is 33.7. The summed E-state index contributed by atoms with van der Waals surface area (Å²) >= 11 is 0. The molecule has 2 amide bonds. The molecule has 0 heterocycles. The van der Waals surface area contributed by atoms with Gasteiger partial charge in [0.2, 0.25) is 5.91 Å². The molecule has 0 radical (unpaired) electrons. The highest BCUT2D eigenvalue weighted by Gasteiger charge is 2.30. The standard InChI is InChI=1S/C33H34N2O4/c1-25-13-15-27(16-14-25)22-34-33(37)31(21-26-9-5-3-6-10-26)35(23-28-17-19-29(38-2)20-18-28)32(36)24-39-30-11-7-4-8-12-30/h3-20,31H,21-24H2,1-2H3,(H,34,37)/t31-/m0/s1. The molecule has 4 aromatic rings. The van der Waals surface area contributed by atoms with Crippen molar-refractivity contribution in [3.05, 3.63) is 131 Å². The van der Waals surface area contributed by atoms with E-state index in [-0.39, 0.29) is 25.0 Å². The van der Waals surface area contributed by atoms with Gasteiger partial charge < -0.3 is 19.7 Å². The summed E-state index contributed by atoms with van der Waals surface area (Å²) in [6.07, 6.45) is 0.369. The van der Waals surface area contributed by atoms with Gasteiger partial charge in [0.15, 0.2) is 6.61 Å². The molecule has 39 heavy (non-hydrogen) atoms. The second-order valence-corrected chi connectivity index (χ2v) is 9.38. The Morgan fingerprint density at radius 2 is 1.36 bits per heavy atom. The van der Waals surface area contributed by atoms with Gasteiger partial charge in [0.1, 0.15) is 17.5 Å². The molecule has 200 valence electrons. The van der Waals surface area contributed by atoms with Crippen molar-refractivity contribution in [3.8, 4) is 11.5 Å². The minimum Gasteiger partial charge on any atom is -0.497 e. The van der Waals surface area contributed by atoms with Crippen LogP contribution in [0.4, 0.5) is 0 Å². The van der Waals surface area contributed by atoms with Gasteiger partial charge in [0.05, 0.1) is 7.11 Å². The smallest absolute Gasteiger partial charge is 0.261 e. The summed E-state index contributed by atoms with van der Waals surface area (Å²) in [5.41, 5.74) is 3.99. The highest BCUT2D eigenvalue weighted by atomic mass is 16.5. The van der Waals surface area contributed by atoms with Crippen LogP contribution in [0.5, 0.6) is 11.5 Å². The number of methoxy groups -OCH3 is 1. The first kappa shape index (κ1) is 27.5. The zero-order valence-corrected chi connectivity index (χ0v) is 22.4. The van der Waals surface area contributed by atoms with E-state index in [2.05, 4.69) is 5.32 Å². The highest BCUT2D eigenvalue weighted by Crippen LogP contribution is 2.18. The Hall–Kier alpha value is -4.58. The summed E-state index contributed by atoms with van der Waals surface area (Å²) in [4.78, 5) is 29.0. The molecule has 0 aliphatic heterocycles. The van der Waals surface area contributed by atoms with E-state index >= 15 is 0 Å². The second kappa shape index (κ2) is 13.8. The number of ether oxygens (including phenoxy) is 2. The Balaban J connectivity index is 1.60. The van der Waals surface area contributed by atoms with Crippen molar-refractivity contribution in [2.24, 2.45) is 0 Å². The molecule has 4 aromatic carbocycles. The lowest BCUT2D eigenvalue weighted by Crippen LogP contribution is -2.51. The lowest BCUT2D eigenvalue weighted by atomic mass is 10.0. The first-order chi connectivity index (χ1) is 19.0. The molecule has 0 bridgehead atoms. The van der Waals surface area contributed by atoms with Crippen molar-refractivity contribution >= 4 is 11.8 Å². The molecule has 0 aliphatic carbocycles. The van der Waals surface area contributed by atoms with Crippen LogP contribution in [0.15, 0.2) is 109 Å². The lowest BCUT2D eigenvalue weighted by Gasteiger charge is -2.31. The van der Waals surface area contributed by atoms with Gasteiger partial charge in [0, 0.05) is 19.5 Å². The number of rotatable bonds is 12. The van der Waals surface area contributed by atoms with Gasteiger partial charge in [0.25, 0.3) is 5.91 Å². The Morgan fingerprint density at radius 3 is 2.00 bits per heavy atom. The Labute approximate surface area is 230 Å².